The summed E-state index contributed by atoms with van der Waals surface area (Å²) in [5.74, 6) is -3.09. The third-order valence-electron chi connectivity index (χ3n) is 5.30. The number of hydrogen-bond donors (Lipinski definition) is 1. The van der Waals surface area contributed by atoms with Gasteiger partial charge in [-0.25, -0.2) is 13.6 Å². The van der Waals surface area contributed by atoms with Crippen LogP contribution in [0, 0.1) is 11.6 Å². The molecule has 4 rings (SSSR count). The van der Waals surface area contributed by atoms with Gasteiger partial charge in [-0.15, -0.1) is 0 Å². The Morgan fingerprint density at radius 2 is 1.76 bits per heavy atom. The van der Waals surface area contributed by atoms with Gasteiger partial charge in [0, 0.05) is 16.1 Å². The number of carbonyl (C=O) groups is 1. The van der Waals surface area contributed by atoms with Crippen molar-refractivity contribution >= 4 is 28.5 Å². The molecule has 0 fully saturated rings. The number of nitrogens with zero attached hydrogens (tertiary/aromatic N) is 2. The zero-order valence-corrected chi connectivity index (χ0v) is 17.5. The Morgan fingerprint density at radius 3 is 2.39 bits per heavy atom. The van der Waals surface area contributed by atoms with Crippen LogP contribution in [0.4, 0.5) is 22.0 Å². The van der Waals surface area contributed by atoms with E-state index in [0.717, 1.165) is 35.0 Å². The number of rotatable bonds is 4. The van der Waals surface area contributed by atoms with Gasteiger partial charge in [0.1, 0.15) is 17.3 Å². The summed E-state index contributed by atoms with van der Waals surface area (Å²) < 4.78 is 71.7. The molecule has 0 amide bonds. The molecule has 0 aliphatic heterocycles. The van der Waals surface area contributed by atoms with Gasteiger partial charge in [0.2, 0.25) is 0 Å². The van der Waals surface area contributed by atoms with Crippen molar-refractivity contribution in [3.8, 4) is 11.3 Å². The summed E-state index contributed by atoms with van der Waals surface area (Å²) in [6.07, 6.45) is -4.70. The van der Waals surface area contributed by atoms with Crippen molar-refractivity contribution in [2.75, 3.05) is 0 Å². The van der Waals surface area contributed by atoms with E-state index in [1.807, 2.05) is 0 Å². The van der Waals surface area contributed by atoms with Crippen molar-refractivity contribution in [3.63, 3.8) is 0 Å². The van der Waals surface area contributed by atoms with Gasteiger partial charge in [0.25, 0.3) is 0 Å². The van der Waals surface area contributed by atoms with Crippen LogP contribution in [-0.4, -0.2) is 20.9 Å². The number of carboxylic acids is 1. The molecule has 4 aromatic rings. The van der Waals surface area contributed by atoms with Crippen molar-refractivity contribution < 1.29 is 31.9 Å². The lowest BCUT2D eigenvalue weighted by Crippen LogP contribution is -2.16. The van der Waals surface area contributed by atoms with Gasteiger partial charge in [-0.1, -0.05) is 23.7 Å². The van der Waals surface area contributed by atoms with Crippen LogP contribution in [0.2, 0.25) is 5.02 Å². The average molecular weight is 481 g/mol. The number of aromatic carboxylic acids is 1. The number of halogens is 6. The molecule has 1 aromatic heterocycles. The smallest absolute Gasteiger partial charge is 0.416 e. The zero-order chi connectivity index (χ0) is 24.1. The van der Waals surface area contributed by atoms with Gasteiger partial charge in [-0.05, 0) is 49.4 Å². The molecule has 1 N–H and O–H groups in total. The van der Waals surface area contributed by atoms with E-state index in [1.165, 1.54) is 31.2 Å². The second-order valence-corrected chi connectivity index (χ2v) is 7.71. The van der Waals surface area contributed by atoms with Crippen LogP contribution in [0.5, 0.6) is 0 Å². The molecule has 170 valence electrons. The van der Waals surface area contributed by atoms with E-state index in [4.69, 9.17) is 16.7 Å². The first kappa shape index (κ1) is 22.7. The summed E-state index contributed by atoms with van der Waals surface area (Å²) >= 11 is 6.13. The van der Waals surface area contributed by atoms with Crippen LogP contribution < -0.4 is 0 Å². The van der Waals surface area contributed by atoms with Crippen LogP contribution in [-0.2, 0) is 6.18 Å². The van der Waals surface area contributed by atoms with Crippen LogP contribution in [0.25, 0.3) is 22.2 Å². The van der Waals surface area contributed by atoms with Crippen LogP contribution in [0.3, 0.4) is 0 Å². The Hall–Kier alpha value is -3.46. The summed E-state index contributed by atoms with van der Waals surface area (Å²) in [5, 5.41) is 13.0. The highest BCUT2D eigenvalue weighted by atomic mass is 35.5. The quantitative estimate of drug-likeness (QED) is 0.321. The normalized spacial score (nSPS) is 12.8. The molecule has 3 aromatic carbocycles. The topological polar surface area (TPSA) is 55.1 Å². The molecule has 0 aliphatic rings. The van der Waals surface area contributed by atoms with Crippen molar-refractivity contribution in [2.45, 2.75) is 19.1 Å². The van der Waals surface area contributed by atoms with Gasteiger partial charge in [-0.2, -0.15) is 18.3 Å². The number of fused-ring (bicyclic) bond motifs is 1. The van der Waals surface area contributed by atoms with E-state index in [9.17, 15) is 26.7 Å². The van der Waals surface area contributed by atoms with E-state index in [0.29, 0.717) is 0 Å². The molecule has 0 aliphatic carbocycles. The van der Waals surface area contributed by atoms with E-state index in [2.05, 4.69) is 5.10 Å². The third-order valence-corrected chi connectivity index (χ3v) is 5.63. The second kappa shape index (κ2) is 8.15. The van der Waals surface area contributed by atoms with E-state index < -0.39 is 35.4 Å². The van der Waals surface area contributed by atoms with E-state index in [1.54, 1.807) is 0 Å². The molecule has 1 atom stereocenters. The van der Waals surface area contributed by atoms with Crippen LogP contribution in [0.1, 0.15) is 34.5 Å². The van der Waals surface area contributed by atoms with Crippen molar-refractivity contribution in [2.24, 2.45) is 0 Å². The number of carboxylic acid groups (broad SMARTS) is 1. The van der Waals surface area contributed by atoms with Gasteiger partial charge >= 0.3 is 12.1 Å². The standard InChI is InChI=1S/C23H14ClF5N2O2/c1-11(19-14(23(27,28)29)4-2-5-15(19)24)31-18-7-3-6-16(25)20(18)21(30-31)13-9-8-12(22(32)33)10-17(13)26/h2-11H,1H3,(H,32,33)/t11-/m1/s1. The summed E-state index contributed by atoms with van der Waals surface area (Å²) in [6.45, 7) is 1.42. The first-order chi connectivity index (χ1) is 15.5. The maximum atomic E-state index is 14.8. The molecule has 0 saturated carbocycles. The zero-order valence-electron chi connectivity index (χ0n) is 16.8. The second-order valence-electron chi connectivity index (χ2n) is 7.30. The lowest BCUT2D eigenvalue weighted by Gasteiger charge is -2.21. The Morgan fingerprint density at radius 1 is 1.06 bits per heavy atom. The molecule has 0 radical (unpaired) electrons. The molecule has 33 heavy (non-hydrogen) atoms. The predicted molar refractivity (Wildman–Crippen MR) is 112 cm³/mol. The summed E-state index contributed by atoms with van der Waals surface area (Å²) in [5.41, 5.74) is -1.82. The molecular weight excluding hydrogens is 467 g/mol. The Kier molecular flexibility index (Phi) is 5.61. The largest absolute Gasteiger partial charge is 0.478 e. The maximum Gasteiger partial charge on any atom is 0.416 e. The van der Waals surface area contributed by atoms with E-state index in [-0.39, 0.29) is 38.3 Å². The third kappa shape index (κ3) is 3.93. The number of alkyl halides is 3. The minimum atomic E-state index is -4.70. The average Bonchev–Trinajstić information content (AvgIpc) is 3.13. The molecule has 4 nitrogen and oxygen atoms in total. The number of aromatic nitrogens is 2. The molecular formula is C23H14ClF5N2O2. The molecule has 0 spiro atoms. The van der Waals surface area contributed by atoms with E-state index >= 15 is 0 Å². The molecule has 10 heteroatoms. The van der Waals surface area contributed by atoms with Gasteiger partial charge < -0.3 is 5.11 Å². The van der Waals surface area contributed by atoms with Crippen molar-refractivity contribution in [1.82, 2.24) is 9.78 Å². The molecule has 0 unspecified atom stereocenters. The SMILES string of the molecule is C[C@H](c1c(Cl)cccc1C(F)(F)F)n1nc(-c2ccc(C(=O)O)cc2F)c2c(F)cccc21. The Bertz CT molecular complexity index is 1400. The Balaban J connectivity index is 1.98. The molecule has 0 saturated heterocycles. The van der Waals surface area contributed by atoms with Crippen LogP contribution in [0.15, 0.2) is 54.6 Å². The first-order valence-electron chi connectivity index (χ1n) is 9.56. The molecule has 1 heterocycles. The minimum Gasteiger partial charge on any atom is -0.478 e. The van der Waals surface area contributed by atoms with Gasteiger partial charge in [0.15, 0.2) is 0 Å². The number of benzene rings is 3. The molecule has 0 bridgehead atoms. The van der Waals surface area contributed by atoms with Gasteiger partial charge in [-0.3, -0.25) is 4.68 Å². The highest BCUT2D eigenvalue weighted by molar-refractivity contribution is 6.31. The van der Waals surface area contributed by atoms with Crippen molar-refractivity contribution in [3.05, 3.63) is 87.9 Å². The predicted octanol–water partition coefficient (Wildman–Crippen LogP) is 6.96. The first-order valence-corrected chi connectivity index (χ1v) is 9.94. The lowest BCUT2D eigenvalue weighted by molar-refractivity contribution is -0.138. The lowest BCUT2D eigenvalue weighted by atomic mass is 10.0. The highest BCUT2D eigenvalue weighted by Gasteiger charge is 2.36. The summed E-state index contributed by atoms with van der Waals surface area (Å²) in [6, 6.07) is 9.21. The summed E-state index contributed by atoms with van der Waals surface area (Å²) in [4.78, 5) is 11.1. The summed E-state index contributed by atoms with van der Waals surface area (Å²) in [7, 11) is 0. The fourth-order valence-corrected chi connectivity index (χ4v) is 4.14. The Labute approximate surface area is 188 Å². The fourth-order valence-electron chi connectivity index (χ4n) is 3.80. The number of hydrogen-bond acceptors (Lipinski definition) is 2. The maximum absolute atomic E-state index is 14.8. The highest BCUT2D eigenvalue weighted by Crippen LogP contribution is 2.41. The fraction of sp³-hybridized carbons (Fsp3) is 0.130. The van der Waals surface area contributed by atoms with Gasteiger partial charge in [0.05, 0.1) is 28.1 Å². The van der Waals surface area contributed by atoms with Crippen LogP contribution >= 0.6 is 11.6 Å². The monoisotopic (exact) mass is 480 g/mol. The minimum absolute atomic E-state index is 0.118. The van der Waals surface area contributed by atoms with Crippen molar-refractivity contribution in [1.29, 1.82) is 0 Å².